The van der Waals surface area contributed by atoms with E-state index in [-0.39, 0.29) is 0 Å². The minimum Gasteiger partial charge on any atom is -0.338 e. The summed E-state index contributed by atoms with van der Waals surface area (Å²) >= 11 is 0. The van der Waals surface area contributed by atoms with Crippen molar-refractivity contribution in [3.8, 4) is 0 Å². The molecule has 0 bridgehead atoms. The molecule has 2 unspecified atom stereocenters. The Hall–Kier alpha value is -0.830. The maximum Gasteiger partial charge on any atom is 0.109 e. The lowest BCUT2D eigenvalue weighted by atomic mass is 9.89. The molecular weight excluding hydrogens is 210 g/mol. The summed E-state index contributed by atoms with van der Waals surface area (Å²) < 4.78 is 2.12. The zero-order valence-corrected chi connectivity index (χ0v) is 11.7. The van der Waals surface area contributed by atoms with Gasteiger partial charge in [0.15, 0.2) is 0 Å². The molecule has 2 atom stereocenters. The summed E-state index contributed by atoms with van der Waals surface area (Å²) in [7, 11) is 4.14. The molecule has 0 saturated heterocycles. The second-order valence-electron chi connectivity index (χ2n) is 4.86. The summed E-state index contributed by atoms with van der Waals surface area (Å²) in [6.07, 6.45) is 10.1. The number of unbranched alkanes of at least 4 members (excludes halogenated alkanes) is 1. The maximum absolute atomic E-state index is 4.42. The molecule has 1 N–H and O–H groups in total. The summed E-state index contributed by atoms with van der Waals surface area (Å²) in [6, 6.07) is 0.549. The first-order valence-electron chi connectivity index (χ1n) is 6.86. The van der Waals surface area contributed by atoms with Crippen LogP contribution in [0.3, 0.4) is 0 Å². The minimum absolute atomic E-state index is 0.549. The van der Waals surface area contributed by atoms with E-state index in [1.165, 1.54) is 31.5 Å². The Morgan fingerprint density at radius 3 is 2.65 bits per heavy atom. The molecule has 0 radical (unpaired) electrons. The monoisotopic (exact) mass is 237 g/mol. The highest BCUT2D eigenvalue weighted by molar-refractivity contribution is 4.95. The van der Waals surface area contributed by atoms with E-state index >= 15 is 0 Å². The fraction of sp³-hybridized carbons (Fsp3) is 0.786. The third kappa shape index (κ3) is 4.15. The van der Waals surface area contributed by atoms with Crippen LogP contribution in [0.5, 0.6) is 0 Å². The van der Waals surface area contributed by atoms with Crippen molar-refractivity contribution in [2.45, 2.75) is 52.0 Å². The van der Waals surface area contributed by atoms with Crippen LogP contribution in [0.4, 0.5) is 0 Å². The first-order chi connectivity index (χ1) is 8.22. The van der Waals surface area contributed by atoms with E-state index < -0.39 is 0 Å². The zero-order valence-electron chi connectivity index (χ0n) is 11.7. The largest absolute Gasteiger partial charge is 0.338 e. The van der Waals surface area contributed by atoms with Crippen molar-refractivity contribution in [3.05, 3.63) is 18.2 Å². The van der Waals surface area contributed by atoms with Crippen LogP contribution >= 0.6 is 0 Å². The van der Waals surface area contributed by atoms with Gasteiger partial charge >= 0.3 is 0 Å². The minimum atomic E-state index is 0.549. The summed E-state index contributed by atoms with van der Waals surface area (Å²) in [5.41, 5.74) is 0. The molecule has 1 aromatic heterocycles. The van der Waals surface area contributed by atoms with E-state index in [0.29, 0.717) is 6.04 Å². The molecule has 0 aromatic carbocycles. The van der Waals surface area contributed by atoms with E-state index in [4.69, 9.17) is 0 Å². The summed E-state index contributed by atoms with van der Waals surface area (Å²) in [5.74, 6) is 1.94. The molecule has 3 heteroatoms. The van der Waals surface area contributed by atoms with Gasteiger partial charge in [-0.2, -0.15) is 0 Å². The van der Waals surface area contributed by atoms with Gasteiger partial charge < -0.3 is 9.88 Å². The molecule has 0 amide bonds. The first-order valence-corrected chi connectivity index (χ1v) is 6.86. The lowest BCUT2D eigenvalue weighted by Crippen LogP contribution is -2.36. The predicted octanol–water partition coefficient (Wildman–Crippen LogP) is 2.77. The SMILES string of the molecule is CCCCC(CC)C(Cc1nccn1C)NC. The number of nitrogens with zero attached hydrogens (tertiary/aromatic N) is 2. The Morgan fingerprint density at radius 1 is 1.41 bits per heavy atom. The fourth-order valence-corrected chi connectivity index (χ4v) is 2.45. The topological polar surface area (TPSA) is 29.9 Å². The molecule has 98 valence electrons. The van der Waals surface area contributed by atoms with Crippen LogP contribution in [0, 0.1) is 5.92 Å². The van der Waals surface area contributed by atoms with Gasteiger partial charge in [0.1, 0.15) is 5.82 Å². The van der Waals surface area contributed by atoms with Gasteiger partial charge in [0.25, 0.3) is 0 Å². The number of nitrogens with one attached hydrogen (secondary N) is 1. The number of rotatable bonds is 8. The summed E-state index contributed by atoms with van der Waals surface area (Å²) in [4.78, 5) is 4.42. The Bertz CT molecular complexity index is 306. The second kappa shape index (κ2) is 7.49. The Kier molecular flexibility index (Phi) is 6.27. The lowest BCUT2D eigenvalue weighted by molar-refractivity contribution is 0.325. The third-order valence-electron chi connectivity index (χ3n) is 3.72. The van der Waals surface area contributed by atoms with Gasteiger partial charge in [-0.05, 0) is 19.4 Å². The smallest absolute Gasteiger partial charge is 0.109 e. The van der Waals surface area contributed by atoms with Crippen molar-refractivity contribution in [1.82, 2.24) is 14.9 Å². The highest BCUT2D eigenvalue weighted by Crippen LogP contribution is 2.19. The highest BCUT2D eigenvalue weighted by Gasteiger charge is 2.19. The van der Waals surface area contributed by atoms with Gasteiger partial charge in [-0.15, -0.1) is 0 Å². The molecule has 1 heterocycles. The van der Waals surface area contributed by atoms with E-state index in [9.17, 15) is 0 Å². The normalized spacial score (nSPS) is 14.8. The maximum atomic E-state index is 4.42. The molecule has 1 rings (SSSR count). The van der Waals surface area contributed by atoms with Gasteiger partial charge in [0.05, 0.1) is 0 Å². The summed E-state index contributed by atoms with van der Waals surface area (Å²) in [6.45, 7) is 4.56. The van der Waals surface area contributed by atoms with Crippen molar-refractivity contribution in [3.63, 3.8) is 0 Å². The zero-order chi connectivity index (χ0) is 12.7. The molecule has 0 spiro atoms. The quantitative estimate of drug-likeness (QED) is 0.753. The standard InChI is InChI=1S/C14H27N3/c1-5-7-8-12(6-2)13(15-3)11-14-16-9-10-17(14)4/h9-10,12-13,15H,5-8,11H2,1-4H3. The van der Waals surface area contributed by atoms with Crippen LogP contribution in [0.1, 0.15) is 45.4 Å². The third-order valence-corrected chi connectivity index (χ3v) is 3.72. The molecule has 3 nitrogen and oxygen atoms in total. The molecule has 1 aromatic rings. The van der Waals surface area contributed by atoms with Crippen LogP contribution < -0.4 is 5.32 Å². The Labute approximate surface area is 106 Å². The number of hydrogen-bond acceptors (Lipinski definition) is 2. The van der Waals surface area contributed by atoms with Gasteiger partial charge in [-0.3, -0.25) is 0 Å². The lowest BCUT2D eigenvalue weighted by Gasteiger charge is -2.25. The van der Waals surface area contributed by atoms with Gasteiger partial charge in [-0.1, -0.05) is 33.1 Å². The van der Waals surface area contributed by atoms with E-state index in [1.54, 1.807) is 0 Å². The Balaban J connectivity index is 2.59. The number of aromatic nitrogens is 2. The van der Waals surface area contributed by atoms with E-state index in [1.807, 2.05) is 12.4 Å². The van der Waals surface area contributed by atoms with Gasteiger partial charge in [0, 0.05) is 31.9 Å². The van der Waals surface area contributed by atoms with Crippen molar-refractivity contribution in [1.29, 1.82) is 0 Å². The van der Waals surface area contributed by atoms with Gasteiger partial charge in [-0.25, -0.2) is 4.98 Å². The van der Waals surface area contributed by atoms with Crippen LogP contribution in [-0.2, 0) is 13.5 Å². The molecule has 0 aliphatic heterocycles. The van der Waals surface area contributed by atoms with Crippen molar-refractivity contribution in [2.75, 3.05) is 7.05 Å². The van der Waals surface area contributed by atoms with Crippen molar-refractivity contribution < 1.29 is 0 Å². The fourth-order valence-electron chi connectivity index (χ4n) is 2.45. The van der Waals surface area contributed by atoms with Crippen LogP contribution in [0.15, 0.2) is 12.4 Å². The Morgan fingerprint density at radius 2 is 2.18 bits per heavy atom. The average molecular weight is 237 g/mol. The summed E-state index contributed by atoms with van der Waals surface area (Å²) in [5, 5.41) is 3.47. The first kappa shape index (κ1) is 14.2. The van der Waals surface area contributed by atoms with Crippen LogP contribution in [-0.4, -0.2) is 22.6 Å². The van der Waals surface area contributed by atoms with Crippen molar-refractivity contribution in [2.24, 2.45) is 13.0 Å². The second-order valence-corrected chi connectivity index (χ2v) is 4.86. The molecule has 0 aliphatic rings. The molecule has 0 aliphatic carbocycles. The molecular formula is C14H27N3. The van der Waals surface area contributed by atoms with Gasteiger partial charge in [0.2, 0.25) is 0 Å². The van der Waals surface area contributed by atoms with E-state index in [2.05, 4.69) is 42.8 Å². The molecule has 0 saturated carbocycles. The number of hydrogen-bond donors (Lipinski definition) is 1. The number of likely N-dealkylation sites (N-methyl/N-ethyl adjacent to an activating group) is 1. The predicted molar refractivity (Wildman–Crippen MR) is 73.1 cm³/mol. The average Bonchev–Trinajstić information content (AvgIpc) is 2.74. The van der Waals surface area contributed by atoms with Crippen LogP contribution in [0.2, 0.25) is 0 Å². The van der Waals surface area contributed by atoms with Crippen LogP contribution in [0.25, 0.3) is 0 Å². The number of imidazole rings is 1. The number of aryl methyl sites for hydroxylation is 1. The highest BCUT2D eigenvalue weighted by atomic mass is 15.0. The molecule has 0 fully saturated rings. The molecule has 17 heavy (non-hydrogen) atoms. The van der Waals surface area contributed by atoms with Crippen molar-refractivity contribution >= 4 is 0 Å². The van der Waals surface area contributed by atoms with E-state index in [0.717, 1.165) is 12.3 Å².